The van der Waals surface area contributed by atoms with Crippen LogP contribution >= 0.6 is 0 Å². The van der Waals surface area contributed by atoms with Crippen LogP contribution in [0.3, 0.4) is 0 Å². The van der Waals surface area contributed by atoms with E-state index >= 15 is 0 Å². The van der Waals surface area contributed by atoms with Crippen molar-refractivity contribution in [2.75, 3.05) is 7.11 Å². The summed E-state index contributed by atoms with van der Waals surface area (Å²) in [5, 5.41) is 0. The first-order chi connectivity index (χ1) is 10.5. The van der Waals surface area contributed by atoms with Gasteiger partial charge < -0.3 is 9.30 Å². The first-order valence-electron chi connectivity index (χ1n) is 6.91. The topological polar surface area (TPSA) is 86.3 Å². The molecule has 1 aromatic carbocycles. The molecule has 0 aliphatic carbocycles. The quantitative estimate of drug-likeness (QED) is 0.511. The third-order valence-corrected chi connectivity index (χ3v) is 3.39. The number of rotatable bonds is 4. The number of pyridine rings is 1. The molecule has 6 nitrogen and oxygen atoms in total. The van der Waals surface area contributed by atoms with Crippen LogP contribution < -0.4 is 21.6 Å². The molecule has 0 saturated carbocycles. The molecule has 0 spiro atoms. The van der Waals surface area contributed by atoms with E-state index in [1.807, 2.05) is 43.5 Å². The summed E-state index contributed by atoms with van der Waals surface area (Å²) >= 11 is 0. The van der Waals surface area contributed by atoms with Gasteiger partial charge in [-0.15, -0.1) is 0 Å². The van der Waals surface area contributed by atoms with Gasteiger partial charge in [-0.1, -0.05) is 12.1 Å². The van der Waals surface area contributed by atoms with Crippen molar-refractivity contribution in [3.8, 4) is 17.0 Å². The minimum absolute atomic E-state index is 0.00912. The number of nitrogens with two attached hydrogens (primary N) is 1. The molecule has 0 saturated heterocycles. The van der Waals surface area contributed by atoms with Crippen molar-refractivity contribution in [2.45, 2.75) is 19.9 Å². The molecule has 0 aliphatic rings. The van der Waals surface area contributed by atoms with Gasteiger partial charge in [0.15, 0.2) is 0 Å². The molecule has 1 aromatic heterocycles. The Morgan fingerprint density at radius 2 is 1.91 bits per heavy atom. The fourth-order valence-corrected chi connectivity index (χ4v) is 2.39. The molecule has 116 valence electrons. The normalized spacial score (nSPS) is 10.6. The summed E-state index contributed by atoms with van der Waals surface area (Å²) in [6, 6.07) is 10.5. The van der Waals surface area contributed by atoms with Gasteiger partial charge in [0.25, 0.3) is 11.5 Å². The molecule has 0 atom stereocenters. The number of nitrogens with one attached hydrogen (secondary N) is 1. The third-order valence-electron chi connectivity index (χ3n) is 3.39. The van der Waals surface area contributed by atoms with Gasteiger partial charge in [-0.25, -0.2) is 5.84 Å². The molecule has 3 N–H and O–H groups in total. The highest BCUT2D eigenvalue weighted by Gasteiger charge is 2.18. The van der Waals surface area contributed by atoms with Gasteiger partial charge in [-0.05, 0) is 38.1 Å². The highest BCUT2D eigenvalue weighted by atomic mass is 16.5. The van der Waals surface area contributed by atoms with Crippen LogP contribution in [0.15, 0.2) is 41.2 Å². The molecule has 0 unspecified atom stereocenters. The second-order valence-corrected chi connectivity index (χ2v) is 5.07. The summed E-state index contributed by atoms with van der Waals surface area (Å²) in [4.78, 5) is 24.3. The lowest BCUT2D eigenvalue weighted by molar-refractivity contribution is 0.0951. The van der Waals surface area contributed by atoms with Crippen LogP contribution in [0.4, 0.5) is 0 Å². The number of carbonyl (C=O) groups is 1. The Labute approximate surface area is 128 Å². The number of ether oxygens (including phenoxy) is 1. The van der Waals surface area contributed by atoms with E-state index in [9.17, 15) is 9.59 Å². The zero-order chi connectivity index (χ0) is 16.3. The number of hydrogen-bond donors (Lipinski definition) is 2. The molecule has 0 aliphatic heterocycles. The second-order valence-electron chi connectivity index (χ2n) is 5.07. The summed E-state index contributed by atoms with van der Waals surface area (Å²) < 4.78 is 6.92. The van der Waals surface area contributed by atoms with Gasteiger partial charge >= 0.3 is 0 Å². The molecule has 6 heteroatoms. The van der Waals surface area contributed by atoms with Crippen LogP contribution in [0.1, 0.15) is 30.2 Å². The first-order valence-corrected chi connectivity index (χ1v) is 6.91. The number of hydrogen-bond acceptors (Lipinski definition) is 4. The number of amides is 1. The number of para-hydroxylation sites is 1. The number of nitrogens with zero attached hydrogens (tertiary/aromatic N) is 1. The molecule has 2 rings (SSSR count). The lowest BCUT2D eigenvalue weighted by atomic mass is 10.1. The van der Waals surface area contributed by atoms with E-state index < -0.39 is 5.91 Å². The molecule has 1 heterocycles. The second kappa shape index (κ2) is 6.44. The highest BCUT2D eigenvalue weighted by molar-refractivity contribution is 5.93. The van der Waals surface area contributed by atoms with Crippen molar-refractivity contribution in [3.63, 3.8) is 0 Å². The number of carbonyl (C=O) groups excluding carboxylic acids is 1. The van der Waals surface area contributed by atoms with Crippen molar-refractivity contribution in [2.24, 2.45) is 5.84 Å². The smallest absolute Gasteiger partial charge is 0.270 e. The maximum atomic E-state index is 12.6. The van der Waals surface area contributed by atoms with Crippen LogP contribution in [0.5, 0.6) is 5.75 Å². The third kappa shape index (κ3) is 2.73. The largest absolute Gasteiger partial charge is 0.496 e. The van der Waals surface area contributed by atoms with Crippen molar-refractivity contribution < 1.29 is 9.53 Å². The van der Waals surface area contributed by atoms with Crippen molar-refractivity contribution in [1.82, 2.24) is 9.99 Å². The average Bonchev–Trinajstić information content (AvgIpc) is 2.53. The minimum atomic E-state index is -0.606. The van der Waals surface area contributed by atoms with Gasteiger partial charge in [0.1, 0.15) is 11.3 Å². The van der Waals surface area contributed by atoms with Crippen molar-refractivity contribution in [1.29, 1.82) is 0 Å². The van der Waals surface area contributed by atoms with Gasteiger partial charge in [0.2, 0.25) is 0 Å². The summed E-state index contributed by atoms with van der Waals surface area (Å²) in [6.45, 7) is 3.76. The monoisotopic (exact) mass is 301 g/mol. The Balaban J connectivity index is 2.75. The number of methoxy groups -OCH3 is 1. The molecule has 0 bridgehead atoms. The zero-order valence-corrected chi connectivity index (χ0v) is 12.8. The molecule has 0 fully saturated rings. The Bertz CT molecular complexity index is 751. The summed E-state index contributed by atoms with van der Waals surface area (Å²) in [5.74, 6) is 5.18. The predicted molar refractivity (Wildman–Crippen MR) is 84.7 cm³/mol. The standard InChI is InChI=1S/C16H19N3O3/c1-10(2)19-13(11-6-4-5-7-14(11)22-3)9-8-12(16(19)21)15(20)18-17/h4-10H,17H2,1-3H3,(H,18,20). The van der Waals surface area contributed by atoms with E-state index in [0.29, 0.717) is 11.4 Å². The Kier molecular flexibility index (Phi) is 4.62. The molecule has 0 radical (unpaired) electrons. The highest BCUT2D eigenvalue weighted by Crippen LogP contribution is 2.30. The Hall–Kier alpha value is -2.60. The average molecular weight is 301 g/mol. The van der Waals surface area contributed by atoms with Crippen molar-refractivity contribution in [3.05, 3.63) is 52.3 Å². The maximum Gasteiger partial charge on any atom is 0.270 e. The number of benzene rings is 1. The molecular formula is C16H19N3O3. The van der Waals surface area contributed by atoms with Gasteiger partial charge in [-0.3, -0.25) is 15.0 Å². The Morgan fingerprint density at radius 1 is 1.23 bits per heavy atom. The van der Waals surface area contributed by atoms with E-state index in [4.69, 9.17) is 10.6 Å². The van der Waals surface area contributed by atoms with Crippen LogP contribution in [-0.2, 0) is 0 Å². The Morgan fingerprint density at radius 3 is 2.50 bits per heavy atom. The summed E-state index contributed by atoms with van der Waals surface area (Å²) in [6.07, 6.45) is 0. The maximum absolute atomic E-state index is 12.6. The summed E-state index contributed by atoms with van der Waals surface area (Å²) in [7, 11) is 1.58. The molecule has 22 heavy (non-hydrogen) atoms. The van der Waals surface area contributed by atoms with E-state index in [2.05, 4.69) is 0 Å². The SMILES string of the molecule is COc1ccccc1-c1ccc(C(=O)NN)c(=O)n1C(C)C. The van der Waals surface area contributed by atoms with E-state index in [0.717, 1.165) is 5.56 Å². The van der Waals surface area contributed by atoms with E-state index in [1.165, 1.54) is 6.07 Å². The summed E-state index contributed by atoms with van der Waals surface area (Å²) in [5.41, 5.74) is 3.09. The lowest BCUT2D eigenvalue weighted by Gasteiger charge is -2.19. The number of hydrazine groups is 1. The van der Waals surface area contributed by atoms with Gasteiger partial charge in [-0.2, -0.15) is 0 Å². The number of nitrogen functional groups attached to an aromatic ring is 1. The van der Waals surface area contributed by atoms with E-state index in [1.54, 1.807) is 17.7 Å². The minimum Gasteiger partial charge on any atom is -0.496 e. The number of aromatic nitrogens is 1. The zero-order valence-electron chi connectivity index (χ0n) is 12.8. The van der Waals surface area contributed by atoms with Crippen LogP contribution in [-0.4, -0.2) is 17.6 Å². The first kappa shape index (κ1) is 15.8. The van der Waals surface area contributed by atoms with Gasteiger partial charge in [0.05, 0.1) is 12.8 Å². The molecule has 1 amide bonds. The molecular weight excluding hydrogens is 282 g/mol. The lowest BCUT2D eigenvalue weighted by Crippen LogP contribution is -2.37. The van der Waals surface area contributed by atoms with Crippen molar-refractivity contribution >= 4 is 5.91 Å². The molecule has 2 aromatic rings. The van der Waals surface area contributed by atoms with Crippen LogP contribution in [0.25, 0.3) is 11.3 Å². The van der Waals surface area contributed by atoms with E-state index in [-0.39, 0.29) is 17.2 Å². The van der Waals surface area contributed by atoms with Crippen LogP contribution in [0, 0.1) is 0 Å². The van der Waals surface area contributed by atoms with Crippen LogP contribution in [0.2, 0.25) is 0 Å². The van der Waals surface area contributed by atoms with Gasteiger partial charge in [0, 0.05) is 11.6 Å². The fraction of sp³-hybridized carbons (Fsp3) is 0.250. The predicted octanol–water partition coefficient (Wildman–Crippen LogP) is 1.71. The fourth-order valence-electron chi connectivity index (χ4n) is 2.39.